The number of unbranched alkanes of at least 4 members (excludes halogenated alkanes) is 11. The van der Waals surface area contributed by atoms with E-state index in [9.17, 15) is 97.8 Å². The Labute approximate surface area is 542 Å². The molecule has 33 heteroatoms. The van der Waals surface area contributed by atoms with Crippen LogP contribution in [0.5, 0.6) is 0 Å². The van der Waals surface area contributed by atoms with Crippen molar-refractivity contribution in [1.82, 2.24) is 58.5 Å². The number of hydrogen-bond donors (Lipinski definition) is 19. The van der Waals surface area contributed by atoms with Crippen LogP contribution in [0.15, 0.2) is 0 Å². The smallest absolute Gasteiger partial charge is 0.332 e. The van der Waals surface area contributed by atoms with Crippen LogP contribution in [0.25, 0.3) is 0 Å². The summed E-state index contributed by atoms with van der Waals surface area (Å²) in [7, 11) is 0. The molecule has 1 heterocycles. The average Bonchev–Trinajstić information content (AvgIpc) is 0.992. The molecule has 1 aliphatic heterocycles. The van der Waals surface area contributed by atoms with Crippen LogP contribution in [0.1, 0.15) is 195 Å². The molecule has 21 N–H and O–H groups in total. The van der Waals surface area contributed by atoms with Gasteiger partial charge in [0.05, 0.1) is 43.8 Å². The van der Waals surface area contributed by atoms with Crippen LogP contribution < -0.4 is 70.0 Å². The summed E-state index contributed by atoms with van der Waals surface area (Å²) in [6.07, 6.45) is 1.85. The van der Waals surface area contributed by atoms with Gasteiger partial charge < -0.3 is 101 Å². The third kappa shape index (κ3) is 36.4. The maximum absolute atomic E-state index is 14.0. The molecule has 0 spiro atoms. The molecule has 1 saturated heterocycles. The monoisotopic (exact) mass is 1330 g/mol. The van der Waals surface area contributed by atoms with E-state index in [1.807, 2.05) is 6.92 Å². The quantitative estimate of drug-likeness (QED) is 0.0294. The van der Waals surface area contributed by atoms with Gasteiger partial charge in [0.15, 0.2) is 6.10 Å². The number of carbonyl (C=O) groups excluding carboxylic acids is 13. The standard InChI is InChI=1S/C60H105N13O20/c1-6-8-10-11-12-14-18-22-38(77)24-25-40-53(85)65-33-49(83)64-28-26-47(81)63-29-27-48(82)67-39(23-19-16-13-15-17-21-37(76)20-9-7-2)54(86)70-43(32-46(62)80)56(88)71-42(31-45(61)79)55(87)66-34(3)52(84)69-41(30-44(78)60(92)93)57(89)72-51(36(5)75)59(91)73-50(35(4)74)58(90)68-40/h34-44,50-51,74-78H,6-33H2,1-5H3,(H2,61,79)(H2,62,80)(H,63,81)(H,64,83)(H,65,85)(H,66,87)(H,67,82)(H,68,90)(H,69,84)(H,70,86)(H,71,88)(H,72,89)(H,73,91)(H,92,93). The zero-order valence-corrected chi connectivity index (χ0v) is 54.4. The van der Waals surface area contributed by atoms with Crippen LogP contribution in [0.4, 0.5) is 0 Å². The second-order valence-corrected chi connectivity index (χ2v) is 23.7. The fourth-order valence-corrected chi connectivity index (χ4v) is 9.73. The highest BCUT2D eigenvalue weighted by atomic mass is 16.4. The Morgan fingerprint density at radius 3 is 1.37 bits per heavy atom. The van der Waals surface area contributed by atoms with Gasteiger partial charge in [-0.1, -0.05) is 104 Å². The number of carboxylic acids is 1. The van der Waals surface area contributed by atoms with Crippen LogP contribution >= 0.6 is 0 Å². The molecule has 0 aromatic heterocycles. The zero-order chi connectivity index (χ0) is 70.2. The average molecular weight is 1330 g/mol. The highest BCUT2D eigenvalue weighted by Gasteiger charge is 2.38. The molecule has 33 nitrogen and oxygen atoms in total. The molecule has 0 saturated carbocycles. The molecular weight excluding hydrogens is 1220 g/mol. The minimum Gasteiger partial charge on any atom is -0.479 e. The number of rotatable bonds is 31. The van der Waals surface area contributed by atoms with Gasteiger partial charge in [0.1, 0.15) is 48.3 Å². The van der Waals surface area contributed by atoms with Gasteiger partial charge in [-0.25, -0.2) is 4.79 Å². The van der Waals surface area contributed by atoms with Crippen molar-refractivity contribution in [3.8, 4) is 0 Å². The van der Waals surface area contributed by atoms with Crippen LogP contribution in [0, 0.1) is 0 Å². The van der Waals surface area contributed by atoms with Crippen molar-refractivity contribution in [3.05, 3.63) is 0 Å². The molecule has 13 atom stereocenters. The minimum atomic E-state index is -2.39. The molecule has 0 bridgehead atoms. The van der Waals surface area contributed by atoms with Crippen LogP contribution in [0.3, 0.4) is 0 Å². The van der Waals surface area contributed by atoms with Gasteiger partial charge in [-0.05, 0) is 59.3 Å². The van der Waals surface area contributed by atoms with Crippen molar-refractivity contribution < 1.29 is 97.8 Å². The van der Waals surface area contributed by atoms with Crippen molar-refractivity contribution in [2.24, 2.45) is 11.5 Å². The van der Waals surface area contributed by atoms with Crippen molar-refractivity contribution in [2.75, 3.05) is 19.6 Å². The molecule has 530 valence electrons. The molecule has 0 aliphatic carbocycles. The Hall–Kier alpha value is -7.62. The second kappa shape index (κ2) is 46.4. The van der Waals surface area contributed by atoms with Crippen molar-refractivity contribution >= 4 is 82.8 Å². The van der Waals surface area contributed by atoms with Gasteiger partial charge in [0.25, 0.3) is 0 Å². The largest absolute Gasteiger partial charge is 0.479 e. The predicted molar refractivity (Wildman–Crippen MR) is 334 cm³/mol. The summed E-state index contributed by atoms with van der Waals surface area (Å²) in [5.41, 5.74) is 10.9. The SMILES string of the molecule is CCCCCCCCCC(O)CCC1NC(=O)C(C(C)O)NC(=O)C(C(C)O)NC(=O)C(CC(O)C(=O)O)NC(=O)C(C)NC(=O)C(CC(N)=O)NC(=O)C(CC(N)=O)NC(=O)C(CCCCCCCC(O)CCCC)NC(=O)CCNC(=O)CCNC(=O)CNC1=O. The summed E-state index contributed by atoms with van der Waals surface area (Å²) < 4.78 is 0. The fourth-order valence-electron chi connectivity index (χ4n) is 9.73. The molecule has 13 unspecified atom stereocenters. The van der Waals surface area contributed by atoms with Crippen LogP contribution in [-0.4, -0.2) is 212 Å². The van der Waals surface area contributed by atoms with E-state index in [1.165, 1.54) is 0 Å². The molecule has 1 fully saturated rings. The number of carboxylic acid groups (broad SMARTS) is 1. The summed E-state index contributed by atoms with van der Waals surface area (Å²) in [5, 5.41) is 88.0. The molecule has 93 heavy (non-hydrogen) atoms. The predicted octanol–water partition coefficient (Wildman–Crippen LogP) is -4.06. The Morgan fingerprint density at radius 1 is 0.430 bits per heavy atom. The van der Waals surface area contributed by atoms with E-state index in [0.717, 1.165) is 85.0 Å². The lowest BCUT2D eigenvalue weighted by atomic mass is 10.0. The van der Waals surface area contributed by atoms with E-state index < -0.39 is 194 Å². The normalized spacial score (nSPS) is 23.9. The molecule has 1 rings (SSSR count). The highest BCUT2D eigenvalue weighted by molar-refractivity contribution is 6.00. The van der Waals surface area contributed by atoms with E-state index in [-0.39, 0.29) is 38.8 Å². The number of primary amides is 2. The van der Waals surface area contributed by atoms with Gasteiger partial charge >= 0.3 is 5.97 Å². The third-order valence-electron chi connectivity index (χ3n) is 15.2. The summed E-state index contributed by atoms with van der Waals surface area (Å²) in [6, 6.07) is -14.7. The van der Waals surface area contributed by atoms with Crippen molar-refractivity contribution in [2.45, 2.75) is 274 Å². The summed E-state index contributed by atoms with van der Waals surface area (Å²) >= 11 is 0. The molecule has 1 aliphatic rings. The van der Waals surface area contributed by atoms with Crippen molar-refractivity contribution in [3.63, 3.8) is 0 Å². The van der Waals surface area contributed by atoms with Gasteiger partial charge in [-0.3, -0.25) is 62.3 Å². The Morgan fingerprint density at radius 2 is 0.839 bits per heavy atom. The number of aliphatic carboxylic acids is 1. The number of nitrogens with two attached hydrogens (primary N) is 2. The lowest BCUT2D eigenvalue weighted by molar-refractivity contribution is -0.148. The number of hydrogen-bond acceptors (Lipinski definition) is 19. The molecule has 0 aromatic rings. The number of carbonyl (C=O) groups is 14. The lowest BCUT2D eigenvalue weighted by Gasteiger charge is -2.29. The fraction of sp³-hybridized carbons (Fsp3) is 0.767. The van der Waals surface area contributed by atoms with Gasteiger partial charge in [-0.15, -0.1) is 0 Å². The summed E-state index contributed by atoms with van der Waals surface area (Å²) in [4.78, 5) is 187. The Kier molecular flexibility index (Phi) is 41.7. The van der Waals surface area contributed by atoms with Gasteiger partial charge in [0, 0.05) is 32.4 Å². The maximum atomic E-state index is 14.0. The second-order valence-electron chi connectivity index (χ2n) is 23.7. The number of aliphatic hydroxyl groups is 5. The highest BCUT2D eigenvalue weighted by Crippen LogP contribution is 2.16. The first-order valence-corrected chi connectivity index (χ1v) is 32.3. The molecule has 13 amide bonds. The van der Waals surface area contributed by atoms with Gasteiger partial charge in [0.2, 0.25) is 76.8 Å². The molecule has 0 aromatic carbocycles. The van der Waals surface area contributed by atoms with E-state index >= 15 is 0 Å². The lowest BCUT2D eigenvalue weighted by Crippen LogP contribution is -2.63. The number of nitrogens with one attached hydrogen (secondary N) is 11. The zero-order valence-electron chi connectivity index (χ0n) is 54.4. The van der Waals surface area contributed by atoms with E-state index in [0.29, 0.717) is 44.9 Å². The van der Waals surface area contributed by atoms with Crippen LogP contribution in [0.2, 0.25) is 0 Å². The third-order valence-corrected chi connectivity index (χ3v) is 15.2. The molecular formula is C60H105N13O20. The maximum Gasteiger partial charge on any atom is 0.332 e. The van der Waals surface area contributed by atoms with Crippen molar-refractivity contribution in [1.29, 1.82) is 0 Å². The number of aliphatic hydroxyl groups excluding tert-OH is 5. The first-order chi connectivity index (χ1) is 43.9. The molecule has 0 radical (unpaired) electrons. The first-order valence-electron chi connectivity index (χ1n) is 32.3. The van der Waals surface area contributed by atoms with E-state index in [1.54, 1.807) is 0 Å². The van der Waals surface area contributed by atoms with Gasteiger partial charge in [-0.2, -0.15) is 0 Å². The number of amides is 13. The summed E-state index contributed by atoms with van der Waals surface area (Å²) in [5.74, 6) is -16.3. The minimum absolute atomic E-state index is 0.0176. The van der Waals surface area contributed by atoms with Crippen LogP contribution in [-0.2, 0) is 67.1 Å². The Balaban J connectivity index is 3.77. The Bertz CT molecular complexity index is 2440. The van der Waals surface area contributed by atoms with E-state index in [4.69, 9.17) is 11.5 Å². The van der Waals surface area contributed by atoms with E-state index in [2.05, 4.69) is 65.4 Å². The summed E-state index contributed by atoms with van der Waals surface area (Å²) in [6.45, 7) is 5.97. The first kappa shape index (κ1) is 83.4. The topological polar surface area (TPSA) is 545 Å².